The minimum atomic E-state index is -0.138. The van der Waals surface area contributed by atoms with Crippen molar-refractivity contribution in [1.29, 1.82) is 0 Å². The molecule has 0 saturated carbocycles. The lowest BCUT2D eigenvalue weighted by molar-refractivity contribution is 0.102. The Hall–Kier alpha value is -3.27. The quantitative estimate of drug-likeness (QED) is 0.229. The number of nitrogens with zero attached hydrogens (tertiary/aromatic N) is 1. The Balaban J connectivity index is 1.71. The molecule has 2 aromatic carbocycles. The molecular formula is C31H33ClN2O3S. The van der Waals surface area contributed by atoms with Crippen molar-refractivity contribution in [3.63, 3.8) is 0 Å². The van der Waals surface area contributed by atoms with Crippen LogP contribution in [0.25, 0.3) is 0 Å². The minimum absolute atomic E-state index is 0.0867. The van der Waals surface area contributed by atoms with Crippen molar-refractivity contribution < 1.29 is 14.3 Å². The molecule has 0 radical (unpaired) electrons. The summed E-state index contributed by atoms with van der Waals surface area (Å²) in [5.74, 6) is 3.77. The van der Waals surface area contributed by atoms with Crippen LogP contribution in [0.1, 0.15) is 60.5 Å². The number of carbonyl (C=O) groups excluding carboxylic acids is 1. The van der Waals surface area contributed by atoms with Gasteiger partial charge in [-0.2, -0.15) is 0 Å². The smallest absolute Gasteiger partial charge is 0.259 e. The number of fused-ring (bicyclic) bond motifs is 1. The van der Waals surface area contributed by atoms with Gasteiger partial charge < -0.3 is 14.8 Å². The molecule has 1 N–H and O–H groups in total. The average Bonchev–Trinajstić information content (AvgIpc) is 3.25. The van der Waals surface area contributed by atoms with Gasteiger partial charge in [0.2, 0.25) is 0 Å². The molecule has 1 aliphatic rings. The molecule has 1 aromatic heterocycles. The Labute approximate surface area is 234 Å². The number of nitrogens with one attached hydrogen (secondary N) is 1. The summed E-state index contributed by atoms with van der Waals surface area (Å²) in [6.45, 7) is 9.28. The first-order valence-corrected chi connectivity index (χ1v) is 14.0. The van der Waals surface area contributed by atoms with Crippen LogP contribution in [0.15, 0.2) is 47.5 Å². The maximum absolute atomic E-state index is 13.5. The van der Waals surface area contributed by atoms with Crippen LogP contribution in [-0.2, 0) is 12.8 Å². The lowest BCUT2D eigenvalue weighted by atomic mass is 9.72. The molecule has 7 heteroatoms. The third-order valence-electron chi connectivity index (χ3n) is 6.69. The molecule has 0 aliphatic heterocycles. The highest BCUT2D eigenvalue weighted by molar-refractivity contribution is 7.16. The molecule has 1 aliphatic carbocycles. The van der Waals surface area contributed by atoms with Crippen molar-refractivity contribution in [2.24, 2.45) is 16.3 Å². The first kappa shape index (κ1) is 27.8. The Morgan fingerprint density at radius 3 is 2.71 bits per heavy atom. The fraction of sp³-hybridized carbons (Fsp3) is 0.355. The number of thiophene rings is 1. The maximum Gasteiger partial charge on any atom is 0.259 e. The van der Waals surface area contributed by atoms with E-state index in [1.54, 1.807) is 23.6 Å². The molecule has 0 spiro atoms. The number of amides is 1. The van der Waals surface area contributed by atoms with Crippen molar-refractivity contribution >= 4 is 45.7 Å². The predicted molar refractivity (Wildman–Crippen MR) is 158 cm³/mol. The van der Waals surface area contributed by atoms with Crippen molar-refractivity contribution in [2.45, 2.75) is 47.0 Å². The SMILES string of the molecule is C#CCOc1c(Cl)cc(C=Nc2sc3c(c2C(=O)Nc2ccccc2)CC[C@H](C(C)(C)C)C3)cc1OCC. The van der Waals surface area contributed by atoms with Crippen molar-refractivity contribution in [3.05, 3.63) is 69.1 Å². The zero-order valence-corrected chi connectivity index (χ0v) is 23.8. The molecule has 38 heavy (non-hydrogen) atoms. The third kappa shape index (κ3) is 6.40. The van der Waals surface area contributed by atoms with E-state index in [1.807, 2.05) is 43.3 Å². The van der Waals surface area contributed by atoms with E-state index in [0.717, 1.165) is 36.1 Å². The summed E-state index contributed by atoms with van der Waals surface area (Å²) in [5.41, 5.74) is 3.46. The van der Waals surface area contributed by atoms with E-state index in [0.29, 0.717) is 39.6 Å². The van der Waals surface area contributed by atoms with E-state index in [-0.39, 0.29) is 17.9 Å². The fourth-order valence-corrected chi connectivity index (χ4v) is 6.21. The van der Waals surface area contributed by atoms with Gasteiger partial charge in [-0.3, -0.25) is 4.79 Å². The summed E-state index contributed by atoms with van der Waals surface area (Å²) in [6.07, 6.45) is 9.93. The molecule has 0 fully saturated rings. The molecule has 0 unspecified atom stereocenters. The number of para-hydroxylation sites is 1. The van der Waals surface area contributed by atoms with Gasteiger partial charge in [0, 0.05) is 16.8 Å². The standard InChI is InChI=1S/C31H33ClN2O3S/c1-6-15-37-28-24(32)16-20(17-25(28)36-7-2)19-33-30-27(29(35)34-22-11-9-8-10-12-22)23-14-13-21(31(3,4)5)18-26(23)38-30/h1,8-12,16-17,19,21H,7,13-15,18H2,2-5H3,(H,34,35)/t21-/m0/s1. The van der Waals surface area contributed by atoms with Crippen LogP contribution in [-0.4, -0.2) is 25.3 Å². The van der Waals surface area contributed by atoms with Gasteiger partial charge in [-0.05, 0) is 72.9 Å². The second-order valence-corrected chi connectivity index (χ2v) is 11.8. The highest BCUT2D eigenvalue weighted by atomic mass is 35.5. The number of carbonyl (C=O) groups is 1. The van der Waals surface area contributed by atoms with E-state index >= 15 is 0 Å². The molecule has 198 valence electrons. The van der Waals surface area contributed by atoms with E-state index < -0.39 is 0 Å². The summed E-state index contributed by atoms with van der Waals surface area (Å²) < 4.78 is 11.3. The molecule has 1 atom stereocenters. The van der Waals surface area contributed by atoms with Crippen LogP contribution in [0.5, 0.6) is 11.5 Å². The van der Waals surface area contributed by atoms with Crippen LogP contribution in [0.4, 0.5) is 10.7 Å². The summed E-state index contributed by atoms with van der Waals surface area (Å²) in [5, 5.41) is 4.13. The Morgan fingerprint density at radius 1 is 1.26 bits per heavy atom. The Morgan fingerprint density at radius 2 is 2.03 bits per heavy atom. The molecule has 1 heterocycles. The summed E-state index contributed by atoms with van der Waals surface area (Å²) in [6, 6.07) is 13.1. The fourth-order valence-electron chi connectivity index (χ4n) is 4.66. The molecule has 0 bridgehead atoms. The first-order chi connectivity index (χ1) is 18.2. The first-order valence-electron chi connectivity index (χ1n) is 12.8. The van der Waals surface area contributed by atoms with E-state index in [4.69, 9.17) is 32.5 Å². The number of rotatable bonds is 8. The second-order valence-electron chi connectivity index (χ2n) is 10.3. The van der Waals surface area contributed by atoms with Gasteiger partial charge in [0.25, 0.3) is 5.91 Å². The van der Waals surface area contributed by atoms with E-state index in [1.165, 1.54) is 4.88 Å². The summed E-state index contributed by atoms with van der Waals surface area (Å²) in [4.78, 5) is 19.6. The lowest BCUT2D eigenvalue weighted by Crippen LogP contribution is -2.27. The number of hydrogen-bond acceptors (Lipinski definition) is 5. The molecule has 4 rings (SSSR count). The van der Waals surface area contributed by atoms with Gasteiger partial charge >= 0.3 is 0 Å². The Bertz CT molecular complexity index is 1370. The normalized spacial score (nSPS) is 15.1. The van der Waals surface area contributed by atoms with E-state index in [2.05, 4.69) is 32.0 Å². The van der Waals surface area contributed by atoms with E-state index in [9.17, 15) is 4.79 Å². The Kier molecular flexibility index (Phi) is 8.81. The number of hydrogen-bond donors (Lipinski definition) is 1. The lowest BCUT2D eigenvalue weighted by Gasteiger charge is -2.33. The zero-order chi connectivity index (χ0) is 27.3. The van der Waals surface area contributed by atoms with Gasteiger partial charge in [0.15, 0.2) is 11.5 Å². The van der Waals surface area contributed by atoms with Crippen molar-refractivity contribution in [3.8, 4) is 23.8 Å². The van der Waals surface area contributed by atoms with Crippen molar-refractivity contribution in [1.82, 2.24) is 0 Å². The van der Waals surface area contributed by atoms with Crippen LogP contribution in [0, 0.1) is 23.7 Å². The van der Waals surface area contributed by atoms with Gasteiger partial charge in [-0.1, -0.05) is 56.5 Å². The third-order valence-corrected chi connectivity index (χ3v) is 8.14. The number of halogens is 1. The number of terminal acetylenes is 1. The number of benzene rings is 2. The highest BCUT2D eigenvalue weighted by Crippen LogP contribution is 2.45. The highest BCUT2D eigenvalue weighted by Gasteiger charge is 2.33. The molecule has 1 amide bonds. The molecule has 0 saturated heterocycles. The van der Waals surface area contributed by atoms with Crippen molar-refractivity contribution in [2.75, 3.05) is 18.5 Å². The second kappa shape index (κ2) is 12.1. The zero-order valence-electron chi connectivity index (χ0n) is 22.3. The maximum atomic E-state index is 13.5. The van der Waals surface area contributed by atoms with Crippen LogP contribution >= 0.6 is 22.9 Å². The van der Waals surface area contributed by atoms with Crippen LogP contribution in [0.3, 0.4) is 0 Å². The van der Waals surface area contributed by atoms with Crippen LogP contribution in [0.2, 0.25) is 5.02 Å². The topological polar surface area (TPSA) is 59.9 Å². The number of anilines is 1. The monoisotopic (exact) mass is 548 g/mol. The average molecular weight is 549 g/mol. The van der Waals surface area contributed by atoms with Gasteiger partial charge in [-0.25, -0.2) is 4.99 Å². The molecular weight excluding hydrogens is 516 g/mol. The number of ether oxygens (including phenoxy) is 2. The number of aliphatic imine (C=N–C) groups is 1. The minimum Gasteiger partial charge on any atom is -0.490 e. The van der Waals surface area contributed by atoms with Crippen LogP contribution < -0.4 is 14.8 Å². The molecule has 5 nitrogen and oxygen atoms in total. The van der Waals surface area contributed by atoms with Gasteiger partial charge in [0.05, 0.1) is 17.2 Å². The largest absolute Gasteiger partial charge is 0.490 e. The predicted octanol–water partition coefficient (Wildman–Crippen LogP) is 7.97. The summed E-state index contributed by atoms with van der Waals surface area (Å²) >= 11 is 8.11. The molecule has 3 aromatic rings. The van der Waals surface area contributed by atoms with Gasteiger partial charge in [0.1, 0.15) is 11.6 Å². The summed E-state index contributed by atoms with van der Waals surface area (Å²) in [7, 11) is 0. The van der Waals surface area contributed by atoms with Gasteiger partial charge in [-0.15, -0.1) is 17.8 Å².